The highest BCUT2D eigenvalue weighted by molar-refractivity contribution is 7.48. The molecule has 0 spiro atoms. The summed E-state index contributed by atoms with van der Waals surface area (Å²) in [7, 11) is -1.11. The van der Waals surface area contributed by atoms with Crippen LogP contribution in [-0.4, -0.2) is 12.5 Å². The average molecular weight is 132 g/mol. The van der Waals surface area contributed by atoms with E-state index in [4.69, 9.17) is 0 Å². The van der Waals surface area contributed by atoms with Crippen LogP contribution < -0.4 is 4.89 Å². The van der Waals surface area contributed by atoms with E-state index in [1.807, 2.05) is 0 Å². The Morgan fingerprint density at radius 2 is 2.12 bits per heavy atom. The van der Waals surface area contributed by atoms with Gasteiger partial charge in [0.15, 0.2) is 0 Å². The number of hydrogen-bond donors (Lipinski definition) is 0. The molecule has 1 unspecified atom stereocenters. The van der Waals surface area contributed by atoms with Crippen molar-refractivity contribution in [1.29, 1.82) is 0 Å². The molecule has 0 aliphatic rings. The summed E-state index contributed by atoms with van der Waals surface area (Å²) in [6, 6.07) is 0. The summed E-state index contributed by atoms with van der Waals surface area (Å²) >= 11 is 0. The molecule has 0 saturated heterocycles. The second kappa shape index (κ2) is 5.27. The van der Waals surface area contributed by atoms with Crippen LogP contribution in [0, 0.1) is 0 Å². The molecular weight excluding hydrogens is 119 g/mol. The van der Waals surface area contributed by atoms with Gasteiger partial charge in [-0.2, -0.15) is 0 Å². The van der Waals surface area contributed by atoms with Gasteiger partial charge >= 0.3 is 0 Å². The fourth-order valence-electron chi connectivity index (χ4n) is 0.538. The Hall–Kier alpha value is 0.130. The monoisotopic (exact) mass is 132 g/mol. The number of rotatable bonds is 4. The van der Waals surface area contributed by atoms with Gasteiger partial charge in [0.05, 0.1) is 6.30 Å². The second-order valence-corrected chi connectivity index (χ2v) is 3.32. The zero-order valence-corrected chi connectivity index (χ0v) is 6.29. The summed E-state index contributed by atoms with van der Waals surface area (Å²) in [6.07, 6.45) is 7.70. The zero-order chi connectivity index (χ0) is 6.41. The lowest BCUT2D eigenvalue weighted by Gasteiger charge is -1.93. The molecule has 0 aliphatic carbocycles. The maximum absolute atomic E-state index is 10.4. The fourth-order valence-corrected chi connectivity index (χ4v) is 1.11. The van der Waals surface area contributed by atoms with Crippen molar-refractivity contribution in [1.82, 2.24) is 0 Å². The zero-order valence-electron chi connectivity index (χ0n) is 5.39. The highest BCUT2D eigenvalue weighted by Gasteiger charge is 1.89. The van der Waals surface area contributed by atoms with Gasteiger partial charge in [-0.05, 0) is 12.8 Å². The van der Waals surface area contributed by atoms with Gasteiger partial charge in [-0.15, -0.1) is 0 Å². The van der Waals surface area contributed by atoms with Crippen LogP contribution in [0.15, 0.2) is 0 Å². The van der Waals surface area contributed by atoms with Gasteiger partial charge in [0.1, 0.15) is 6.16 Å². The van der Waals surface area contributed by atoms with E-state index in [0.717, 1.165) is 12.6 Å². The third-order valence-corrected chi connectivity index (χ3v) is 1.83. The summed E-state index contributed by atoms with van der Waals surface area (Å²) in [4.78, 5) is 10.4. The Morgan fingerprint density at radius 1 is 1.50 bits per heavy atom. The fraction of sp³-hybridized carbons (Fsp3) is 0.833. The Balaban J connectivity index is 2.82. The smallest absolute Gasteiger partial charge is 0.102 e. The first-order valence-electron chi connectivity index (χ1n) is 3.02. The molecule has 0 amide bonds. The highest BCUT2D eigenvalue weighted by atomic mass is 31.1. The molecule has 0 radical (unpaired) electrons. The molecule has 0 aliphatic heterocycles. The standard InChI is InChI=1S/C6H13OP/c1-3-4-5-6-8(2)7/h2-6H2,1H3. The minimum Gasteiger partial charge on any atom is -0.631 e. The molecule has 0 aromatic heterocycles. The molecule has 0 fully saturated rings. The van der Waals surface area contributed by atoms with E-state index >= 15 is 0 Å². The van der Waals surface area contributed by atoms with Gasteiger partial charge in [0.2, 0.25) is 0 Å². The van der Waals surface area contributed by atoms with E-state index in [9.17, 15) is 4.89 Å². The lowest BCUT2D eigenvalue weighted by atomic mass is 10.3. The maximum Gasteiger partial charge on any atom is 0.102 e. The molecule has 1 atom stereocenters. The van der Waals surface area contributed by atoms with E-state index < -0.39 is 7.77 Å². The molecule has 0 aromatic carbocycles. The minimum atomic E-state index is -1.11. The van der Waals surface area contributed by atoms with Crippen molar-refractivity contribution < 1.29 is 4.89 Å². The molecule has 0 saturated carbocycles. The third kappa shape index (κ3) is 6.13. The molecule has 0 bridgehead atoms. The van der Waals surface area contributed by atoms with E-state index in [2.05, 4.69) is 13.2 Å². The van der Waals surface area contributed by atoms with Crippen molar-refractivity contribution in [3.63, 3.8) is 0 Å². The number of unbranched alkanes of at least 4 members (excludes halogenated alkanes) is 2. The van der Waals surface area contributed by atoms with Crippen LogP contribution in [0.3, 0.4) is 0 Å². The van der Waals surface area contributed by atoms with Crippen molar-refractivity contribution in [2.24, 2.45) is 0 Å². The number of hydrogen-bond acceptors (Lipinski definition) is 1. The molecule has 48 valence electrons. The van der Waals surface area contributed by atoms with E-state index in [0.29, 0.717) is 0 Å². The van der Waals surface area contributed by atoms with Crippen LogP contribution in [0.4, 0.5) is 0 Å². The average Bonchev–Trinajstić information content (AvgIpc) is 1.66. The van der Waals surface area contributed by atoms with Crippen molar-refractivity contribution >= 4 is 14.1 Å². The first-order valence-corrected chi connectivity index (χ1v) is 4.65. The quantitative estimate of drug-likeness (QED) is 0.418. The molecule has 0 N–H and O–H groups in total. The van der Waals surface area contributed by atoms with Crippen molar-refractivity contribution in [3.05, 3.63) is 0 Å². The summed E-state index contributed by atoms with van der Waals surface area (Å²) < 4.78 is 0. The van der Waals surface area contributed by atoms with E-state index in [-0.39, 0.29) is 0 Å². The molecule has 8 heavy (non-hydrogen) atoms. The highest BCUT2D eigenvalue weighted by Crippen LogP contribution is 2.09. The normalized spacial score (nSPS) is 11.5. The van der Waals surface area contributed by atoms with Crippen molar-refractivity contribution in [3.8, 4) is 0 Å². The van der Waals surface area contributed by atoms with Gasteiger partial charge in [-0.1, -0.05) is 13.3 Å². The lowest BCUT2D eigenvalue weighted by Crippen LogP contribution is -1.90. The van der Waals surface area contributed by atoms with Crippen molar-refractivity contribution in [2.45, 2.75) is 26.2 Å². The lowest BCUT2D eigenvalue weighted by molar-refractivity contribution is -0.152. The van der Waals surface area contributed by atoms with Crippen molar-refractivity contribution in [2.75, 3.05) is 6.16 Å². The summed E-state index contributed by atoms with van der Waals surface area (Å²) in [6.45, 7) is 2.14. The maximum atomic E-state index is 10.4. The molecule has 0 aromatic rings. The van der Waals surface area contributed by atoms with Gasteiger partial charge in [-0.25, -0.2) is 0 Å². The van der Waals surface area contributed by atoms with Crippen LogP contribution in [0.5, 0.6) is 0 Å². The van der Waals surface area contributed by atoms with Crippen LogP contribution >= 0.6 is 7.77 Å². The Kier molecular flexibility index (Phi) is 5.36. The Bertz CT molecular complexity index is 70.9. The summed E-state index contributed by atoms with van der Waals surface area (Å²) in [5.74, 6) is 0. The van der Waals surface area contributed by atoms with Crippen LogP contribution in [0.2, 0.25) is 0 Å². The first-order chi connectivity index (χ1) is 3.77. The molecule has 0 rings (SSSR count). The van der Waals surface area contributed by atoms with Crippen LogP contribution in [-0.2, 0) is 0 Å². The predicted molar refractivity (Wildman–Crippen MR) is 38.4 cm³/mol. The van der Waals surface area contributed by atoms with E-state index in [1.54, 1.807) is 0 Å². The minimum absolute atomic E-state index is 0.809. The summed E-state index contributed by atoms with van der Waals surface area (Å²) in [5, 5.41) is 0. The Labute approximate surface area is 52.2 Å². The van der Waals surface area contributed by atoms with E-state index in [1.165, 1.54) is 12.8 Å². The topological polar surface area (TPSA) is 23.1 Å². The Morgan fingerprint density at radius 3 is 2.50 bits per heavy atom. The molecule has 1 nitrogen and oxygen atoms in total. The molecule has 2 heteroatoms. The SMILES string of the molecule is C=[P+]([O-])CCCCC. The van der Waals surface area contributed by atoms with Gasteiger partial charge in [-0.3, -0.25) is 0 Å². The molecular formula is C6H13OP. The van der Waals surface area contributed by atoms with Gasteiger partial charge in [0.25, 0.3) is 0 Å². The second-order valence-electron chi connectivity index (χ2n) is 1.91. The van der Waals surface area contributed by atoms with Gasteiger partial charge in [0, 0.05) is 7.77 Å². The predicted octanol–water partition coefficient (Wildman–Crippen LogP) is 1.37. The van der Waals surface area contributed by atoms with Crippen LogP contribution in [0.25, 0.3) is 0 Å². The molecule has 0 heterocycles. The van der Waals surface area contributed by atoms with Crippen LogP contribution in [0.1, 0.15) is 26.2 Å². The first kappa shape index (κ1) is 8.13. The third-order valence-electron chi connectivity index (χ3n) is 1.01. The summed E-state index contributed by atoms with van der Waals surface area (Å²) in [5.41, 5.74) is 0. The largest absolute Gasteiger partial charge is 0.631 e. The van der Waals surface area contributed by atoms with Gasteiger partial charge < -0.3 is 4.89 Å².